The first kappa shape index (κ1) is 10.9. The van der Waals surface area contributed by atoms with Crippen molar-refractivity contribution < 1.29 is 14.3 Å². The van der Waals surface area contributed by atoms with Crippen LogP contribution in [0.2, 0.25) is 0 Å². The molecule has 4 unspecified atom stereocenters. The molecule has 2 aliphatic rings. The predicted molar refractivity (Wildman–Crippen MR) is 56.4 cm³/mol. The van der Waals surface area contributed by atoms with Crippen molar-refractivity contribution in [3.8, 4) is 0 Å². The van der Waals surface area contributed by atoms with Crippen LogP contribution in [0.15, 0.2) is 0 Å². The molecular weight excluding hydrogens is 192 g/mol. The minimum Gasteiger partial charge on any atom is -0.469 e. The Morgan fingerprint density at radius 3 is 2.73 bits per heavy atom. The second-order valence-corrected chi connectivity index (χ2v) is 4.72. The zero-order chi connectivity index (χ0) is 10.8. The van der Waals surface area contributed by atoms with E-state index in [1.807, 2.05) is 0 Å². The van der Waals surface area contributed by atoms with Crippen LogP contribution in [0.25, 0.3) is 0 Å². The number of ether oxygens (including phenoxy) is 2. The number of unbranched alkanes of at least 4 members (excludes halogenated alkanes) is 1. The lowest BCUT2D eigenvalue weighted by molar-refractivity contribution is -0.147. The molecule has 4 atom stereocenters. The van der Waals surface area contributed by atoms with Gasteiger partial charge in [0, 0.05) is 0 Å². The van der Waals surface area contributed by atoms with E-state index < -0.39 is 0 Å². The highest BCUT2D eigenvalue weighted by molar-refractivity contribution is 5.73. The number of esters is 1. The van der Waals surface area contributed by atoms with E-state index >= 15 is 0 Å². The number of fused-ring (bicyclic) bond motifs is 2. The molecule has 0 aromatic rings. The molecule has 0 spiro atoms. The number of methoxy groups -OCH3 is 1. The standard InChI is InChI=1S/C12H20O3/c1-3-4-5-8-6-11-9(12(13)14-2)7-10(8)15-11/h8-11H,3-7H2,1-2H3. The van der Waals surface area contributed by atoms with Crippen LogP contribution in [0.3, 0.4) is 0 Å². The van der Waals surface area contributed by atoms with E-state index in [1.165, 1.54) is 26.4 Å². The highest BCUT2D eigenvalue weighted by atomic mass is 16.5. The number of hydrogen-bond acceptors (Lipinski definition) is 3. The van der Waals surface area contributed by atoms with Crippen LogP contribution in [-0.2, 0) is 14.3 Å². The molecule has 2 rings (SSSR count). The van der Waals surface area contributed by atoms with Crippen LogP contribution >= 0.6 is 0 Å². The van der Waals surface area contributed by atoms with Crippen molar-refractivity contribution in [3.63, 3.8) is 0 Å². The molecule has 2 heterocycles. The average Bonchev–Trinajstić information content (AvgIpc) is 2.84. The van der Waals surface area contributed by atoms with Gasteiger partial charge in [0.15, 0.2) is 0 Å². The quantitative estimate of drug-likeness (QED) is 0.670. The van der Waals surface area contributed by atoms with Crippen LogP contribution in [0.4, 0.5) is 0 Å². The van der Waals surface area contributed by atoms with Gasteiger partial charge in [-0.2, -0.15) is 0 Å². The van der Waals surface area contributed by atoms with Crippen molar-refractivity contribution in [2.24, 2.45) is 11.8 Å². The van der Waals surface area contributed by atoms with Crippen molar-refractivity contribution in [2.75, 3.05) is 7.11 Å². The summed E-state index contributed by atoms with van der Waals surface area (Å²) in [5.41, 5.74) is 0. The monoisotopic (exact) mass is 212 g/mol. The lowest BCUT2D eigenvalue weighted by Gasteiger charge is -2.22. The normalized spacial score (nSPS) is 38.3. The molecule has 0 aliphatic carbocycles. The third-order valence-corrected chi connectivity index (χ3v) is 3.78. The van der Waals surface area contributed by atoms with Gasteiger partial charge in [0.2, 0.25) is 0 Å². The van der Waals surface area contributed by atoms with Crippen LogP contribution in [0, 0.1) is 11.8 Å². The lowest BCUT2D eigenvalue weighted by Crippen LogP contribution is -2.29. The van der Waals surface area contributed by atoms with Crippen LogP contribution in [0.5, 0.6) is 0 Å². The Morgan fingerprint density at radius 2 is 2.20 bits per heavy atom. The summed E-state index contributed by atoms with van der Waals surface area (Å²) in [5.74, 6) is 0.616. The van der Waals surface area contributed by atoms with Crippen molar-refractivity contribution >= 4 is 5.97 Å². The third-order valence-electron chi connectivity index (χ3n) is 3.78. The van der Waals surface area contributed by atoms with E-state index in [0.717, 1.165) is 12.8 Å². The summed E-state index contributed by atoms with van der Waals surface area (Å²) in [7, 11) is 1.46. The fourth-order valence-electron chi connectivity index (χ4n) is 2.92. The molecule has 0 amide bonds. The Hall–Kier alpha value is -0.570. The molecule has 0 aromatic carbocycles. The zero-order valence-corrected chi connectivity index (χ0v) is 9.57. The van der Waals surface area contributed by atoms with Crippen molar-refractivity contribution in [2.45, 2.75) is 51.2 Å². The second kappa shape index (κ2) is 4.52. The van der Waals surface area contributed by atoms with E-state index in [4.69, 9.17) is 9.47 Å². The summed E-state index contributed by atoms with van der Waals surface area (Å²) in [6.07, 6.45) is 6.19. The maximum atomic E-state index is 11.4. The first-order valence-electron chi connectivity index (χ1n) is 5.99. The number of rotatable bonds is 4. The molecule has 2 fully saturated rings. The Balaban J connectivity index is 1.86. The Bertz CT molecular complexity index is 239. The maximum Gasteiger partial charge on any atom is 0.311 e. The van der Waals surface area contributed by atoms with Crippen molar-refractivity contribution in [1.82, 2.24) is 0 Å². The number of carbonyl (C=O) groups excluding carboxylic acids is 1. The number of carbonyl (C=O) groups is 1. The lowest BCUT2D eigenvalue weighted by atomic mass is 9.80. The van der Waals surface area contributed by atoms with E-state index in [-0.39, 0.29) is 18.0 Å². The van der Waals surface area contributed by atoms with Gasteiger partial charge in [0.25, 0.3) is 0 Å². The van der Waals surface area contributed by atoms with E-state index in [2.05, 4.69) is 6.92 Å². The molecule has 3 nitrogen and oxygen atoms in total. The molecule has 2 bridgehead atoms. The van der Waals surface area contributed by atoms with Gasteiger partial charge >= 0.3 is 5.97 Å². The summed E-state index contributed by atoms with van der Waals surface area (Å²) < 4.78 is 10.6. The topological polar surface area (TPSA) is 35.5 Å². The summed E-state index contributed by atoms with van der Waals surface area (Å²) in [4.78, 5) is 11.4. The Morgan fingerprint density at radius 1 is 1.40 bits per heavy atom. The summed E-state index contributed by atoms with van der Waals surface area (Å²) in [6.45, 7) is 2.21. The van der Waals surface area contributed by atoms with Crippen LogP contribution in [0.1, 0.15) is 39.0 Å². The Kier molecular flexibility index (Phi) is 3.29. The minimum absolute atomic E-state index is 0.0119. The van der Waals surface area contributed by atoms with Gasteiger partial charge in [-0.15, -0.1) is 0 Å². The van der Waals surface area contributed by atoms with Crippen LogP contribution < -0.4 is 0 Å². The molecule has 2 saturated heterocycles. The number of hydrogen-bond donors (Lipinski definition) is 0. The van der Waals surface area contributed by atoms with Gasteiger partial charge in [-0.25, -0.2) is 0 Å². The minimum atomic E-state index is -0.0866. The van der Waals surface area contributed by atoms with Gasteiger partial charge in [-0.05, 0) is 25.2 Å². The Labute approximate surface area is 91.1 Å². The molecule has 86 valence electrons. The predicted octanol–water partition coefficient (Wildman–Crippen LogP) is 2.14. The van der Waals surface area contributed by atoms with E-state index in [9.17, 15) is 4.79 Å². The third kappa shape index (κ3) is 2.03. The summed E-state index contributed by atoms with van der Waals surface area (Å²) in [6, 6.07) is 0. The largest absolute Gasteiger partial charge is 0.469 e. The summed E-state index contributed by atoms with van der Waals surface area (Å²) in [5, 5.41) is 0. The average molecular weight is 212 g/mol. The first-order valence-corrected chi connectivity index (χ1v) is 5.99. The molecule has 2 aliphatic heterocycles. The zero-order valence-electron chi connectivity index (χ0n) is 9.57. The molecule has 0 aromatic heterocycles. The molecule has 0 N–H and O–H groups in total. The molecule has 15 heavy (non-hydrogen) atoms. The van der Waals surface area contributed by atoms with E-state index in [1.54, 1.807) is 0 Å². The fourth-order valence-corrected chi connectivity index (χ4v) is 2.92. The molecule has 0 radical (unpaired) electrons. The second-order valence-electron chi connectivity index (χ2n) is 4.72. The smallest absolute Gasteiger partial charge is 0.311 e. The maximum absolute atomic E-state index is 11.4. The first-order chi connectivity index (χ1) is 7.26. The highest BCUT2D eigenvalue weighted by Gasteiger charge is 2.49. The van der Waals surface area contributed by atoms with Gasteiger partial charge < -0.3 is 9.47 Å². The highest BCUT2D eigenvalue weighted by Crippen LogP contribution is 2.44. The van der Waals surface area contributed by atoms with Crippen molar-refractivity contribution in [3.05, 3.63) is 0 Å². The molecule has 0 saturated carbocycles. The summed E-state index contributed by atoms with van der Waals surface area (Å²) >= 11 is 0. The van der Waals surface area contributed by atoms with Gasteiger partial charge in [0.05, 0.1) is 25.2 Å². The van der Waals surface area contributed by atoms with Gasteiger partial charge in [-0.3, -0.25) is 4.79 Å². The van der Waals surface area contributed by atoms with Crippen LogP contribution in [-0.4, -0.2) is 25.3 Å². The van der Waals surface area contributed by atoms with Gasteiger partial charge in [0.1, 0.15) is 0 Å². The van der Waals surface area contributed by atoms with Gasteiger partial charge in [-0.1, -0.05) is 19.8 Å². The molecular formula is C12H20O3. The SMILES string of the molecule is CCCCC1CC2OC1CC2C(=O)OC. The fraction of sp³-hybridized carbons (Fsp3) is 0.917. The van der Waals surface area contributed by atoms with Crippen molar-refractivity contribution in [1.29, 1.82) is 0 Å². The van der Waals surface area contributed by atoms with E-state index in [0.29, 0.717) is 12.0 Å². The molecule has 3 heteroatoms.